The van der Waals surface area contributed by atoms with Gasteiger partial charge in [-0.05, 0) is 61.8 Å². The van der Waals surface area contributed by atoms with Crippen molar-refractivity contribution in [1.82, 2.24) is 55.3 Å². The van der Waals surface area contributed by atoms with Gasteiger partial charge in [0.1, 0.15) is 29.4 Å². The highest BCUT2D eigenvalue weighted by Gasteiger charge is 2.39. The second-order valence-corrected chi connectivity index (χ2v) is 15.4. The van der Waals surface area contributed by atoms with Crippen molar-refractivity contribution in [3.63, 3.8) is 0 Å². The zero-order valence-corrected chi connectivity index (χ0v) is 33.5. The van der Waals surface area contributed by atoms with E-state index < -0.39 is 24.3 Å². The molecule has 5 aromatic rings. The molecule has 0 bridgehead atoms. The number of hydrogen-bond donors (Lipinski definition) is 4. The number of nitrogens with one attached hydrogen (secondary N) is 4. The largest absolute Gasteiger partial charge is 0.453 e. The summed E-state index contributed by atoms with van der Waals surface area (Å²) in [6, 6.07) is 7.78. The van der Waals surface area contributed by atoms with Crippen LogP contribution < -0.4 is 10.6 Å². The first-order chi connectivity index (χ1) is 27.9. The standard InChI is InChI=1S/C41H49N11O6/c1-22(2)33(49-40(55)57-5)38(53)51-15-7-9-31(51)36-44-20-29(47-36)24-11-13-27-26(17-24)19-43-35(46-27)28-14-12-25(18-42-28)30-21-45-37(48-30)32-10-8-16-52(32)39(54)34(23(3)4)50-41(56)58-6/h11-14,17-23,31-34H,7-10,15-16H2,1-6H3,(H,44,47)(H,45,48)(H,49,55)(H,50,56)/t31?,32?,33-,34-/m0/s1. The number of aromatic nitrogens is 7. The van der Waals surface area contributed by atoms with Gasteiger partial charge in [-0.25, -0.2) is 29.5 Å². The number of alkyl carbamates (subject to hydrolysis) is 2. The number of imidazole rings is 2. The van der Waals surface area contributed by atoms with E-state index in [1.165, 1.54) is 14.2 Å². The Morgan fingerprint density at radius 2 is 1.22 bits per heavy atom. The van der Waals surface area contributed by atoms with Gasteiger partial charge in [0.15, 0.2) is 5.82 Å². The number of carbonyl (C=O) groups is 4. The average molecular weight is 792 g/mol. The van der Waals surface area contributed by atoms with Crippen LogP contribution in [0.2, 0.25) is 0 Å². The molecule has 0 aliphatic carbocycles. The fraction of sp³-hybridized carbons (Fsp3) is 0.439. The summed E-state index contributed by atoms with van der Waals surface area (Å²) in [5, 5.41) is 6.21. The first-order valence-electron chi connectivity index (χ1n) is 19.6. The highest BCUT2D eigenvalue weighted by atomic mass is 16.5. The number of benzene rings is 1. The maximum atomic E-state index is 13.6. The second kappa shape index (κ2) is 17.0. The molecular weight excluding hydrogens is 743 g/mol. The summed E-state index contributed by atoms with van der Waals surface area (Å²) in [5.74, 6) is 1.28. The van der Waals surface area contributed by atoms with Crippen molar-refractivity contribution in [2.45, 2.75) is 77.5 Å². The van der Waals surface area contributed by atoms with Gasteiger partial charge in [0.05, 0.1) is 55.6 Å². The van der Waals surface area contributed by atoms with Crippen molar-refractivity contribution in [2.75, 3.05) is 27.3 Å². The molecule has 4 atom stereocenters. The molecule has 4 aromatic heterocycles. The second-order valence-electron chi connectivity index (χ2n) is 15.4. The Bertz CT molecular complexity index is 2290. The molecule has 0 radical (unpaired) electrons. The van der Waals surface area contributed by atoms with Crippen molar-refractivity contribution < 1.29 is 28.7 Å². The van der Waals surface area contributed by atoms with Crippen LogP contribution in [0, 0.1) is 11.8 Å². The van der Waals surface area contributed by atoms with Crippen LogP contribution in [0.4, 0.5) is 9.59 Å². The Hall–Kier alpha value is -6.39. The summed E-state index contributed by atoms with van der Waals surface area (Å²) in [7, 11) is 2.56. The van der Waals surface area contributed by atoms with Gasteiger partial charge in [0.25, 0.3) is 0 Å². The van der Waals surface area contributed by atoms with E-state index in [1.54, 1.807) is 34.6 Å². The maximum absolute atomic E-state index is 13.6. The van der Waals surface area contributed by atoms with E-state index in [2.05, 4.69) is 40.5 Å². The molecule has 0 saturated carbocycles. The molecule has 58 heavy (non-hydrogen) atoms. The first-order valence-corrected chi connectivity index (χ1v) is 19.6. The van der Waals surface area contributed by atoms with Crippen LogP contribution in [-0.2, 0) is 19.1 Å². The van der Waals surface area contributed by atoms with E-state index in [0.717, 1.165) is 59.1 Å². The van der Waals surface area contributed by atoms with E-state index in [0.29, 0.717) is 36.3 Å². The molecule has 2 fully saturated rings. The van der Waals surface area contributed by atoms with Gasteiger partial charge in [0.2, 0.25) is 11.8 Å². The molecule has 2 unspecified atom stereocenters. The minimum Gasteiger partial charge on any atom is -0.453 e. The van der Waals surface area contributed by atoms with E-state index in [-0.39, 0.29) is 35.7 Å². The van der Waals surface area contributed by atoms with Gasteiger partial charge in [0, 0.05) is 42.0 Å². The van der Waals surface area contributed by atoms with Crippen molar-refractivity contribution in [3.8, 4) is 34.0 Å². The number of aromatic amines is 2. The molecule has 0 spiro atoms. The maximum Gasteiger partial charge on any atom is 0.407 e. The third-order valence-corrected chi connectivity index (χ3v) is 10.9. The summed E-state index contributed by atoms with van der Waals surface area (Å²) in [6.45, 7) is 8.70. The van der Waals surface area contributed by atoms with Crippen LogP contribution >= 0.6 is 0 Å². The van der Waals surface area contributed by atoms with Crippen LogP contribution in [0.15, 0.2) is 55.1 Å². The van der Waals surface area contributed by atoms with Gasteiger partial charge in [-0.2, -0.15) is 0 Å². The summed E-state index contributed by atoms with van der Waals surface area (Å²) >= 11 is 0. The Labute approximate surface area is 335 Å². The number of carbonyl (C=O) groups excluding carboxylic acids is 4. The van der Waals surface area contributed by atoms with E-state index in [1.807, 2.05) is 58.0 Å². The van der Waals surface area contributed by atoms with Crippen LogP contribution in [0.1, 0.15) is 77.1 Å². The van der Waals surface area contributed by atoms with Crippen LogP contribution in [0.25, 0.3) is 44.9 Å². The van der Waals surface area contributed by atoms with Gasteiger partial charge < -0.3 is 39.9 Å². The summed E-state index contributed by atoms with van der Waals surface area (Å²) in [6.07, 6.45) is 8.90. The van der Waals surface area contributed by atoms with Crippen LogP contribution in [-0.4, -0.2) is 108 Å². The molecule has 4 amide bonds. The van der Waals surface area contributed by atoms with E-state index in [4.69, 9.17) is 14.5 Å². The lowest BCUT2D eigenvalue weighted by atomic mass is 10.0. The lowest BCUT2D eigenvalue weighted by molar-refractivity contribution is -0.136. The lowest BCUT2D eigenvalue weighted by Crippen LogP contribution is -2.51. The molecule has 2 aliphatic rings. The van der Waals surface area contributed by atoms with Gasteiger partial charge in [-0.15, -0.1) is 0 Å². The molecule has 1 aromatic carbocycles. The fourth-order valence-electron chi connectivity index (χ4n) is 7.70. The molecule has 7 rings (SSSR count). The number of rotatable bonds is 11. The quantitative estimate of drug-likeness (QED) is 0.130. The van der Waals surface area contributed by atoms with E-state index in [9.17, 15) is 19.2 Å². The number of H-pyrrole nitrogens is 2. The van der Waals surface area contributed by atoms with Crippen LogP contribution in [0.5, 0.6) is 0 Å². The van der Waals surface area contributed by atoms with Gasteiger partial charge >= 0.3 is 12.2 Å². The Morgan fingerprint density at radius 3 is 1.72 bits per heavy atom. The third kappa shape index (κ3) is 8.19. The highest BCUT2D eigenvalue weighted by molar-refractivity contribution is 5.88. The molecule has 17 nitrogen and oxygen atoms in total. The molecule has 4 N–H and O–H groups in total. The number of nitrogens with zero attached hydrogens (tertiary/aromatic N) is 7. The topological polar surface area (TPSA) is 213 Å². The molecule has 2 aliphatic heterocycles. The zero-order valence-electron chi connectivity index (χ0n) is 33.5. The number of methoxy groups -OCH3 is 2. The smallest absolute Gasteiger partial charge is 0.407 e. The molecule has 17 heteroatoms. The normalized spacial score (nSPS) is 17.8. The summed E-state index contributed by atoms with van der Waals surface area (Å²) in [4.78, 5) is 84.8. The number of pyridine rings is 1. The van der Waals surface area contributed by atoms with Crippen LogP contribution in [0.3, 0.4) is 0 Å². The Kier molecular flexibility index (Phi) is 11.7. The minimum atomic E-state index is -0.709. The number of fused-ring (bicyclic) bond motifs is 1. The third-order valence-electron chi connectivity index (χ3n) is 10.9. The number of ether oxygens (including phenoxy) is 2. The van der Waals surface area contributed by atoms with Crippen molar-refractivity contribution >= 4 is 34.9 Å². The molecule has 304 valence electrons. The van der Waals surface area contributed by atoms with Gasteiger partial charge in [-0.3, -0.25) is 14.6 Å². The Balaban J connectivity index is 1.02. The SMILES string of the molecule is COC(=O)N[C@H](C(=O)N1CCCC1c1ncc(-c2ccc(-c3ncc4cc(-c5cnc(C6CCCN6C(=O)[C@@H](NC(=O)OC)C(C)C)[nH]5)ccc4n3)nc2)[nH]1)C(C)C. The Morgan fingerprint density at radius 1 is 0.690 bits per heavy atom. The predicted molar refractivity (Wildman–Crippen MR) is 214 cm³/mol. The number of amides is 4. The lowest BCUT2D eigenvalue weighted by Gasteiger charge is -2.30. The summed E-state index contributed by atoms with van der Waals surface area (Å²) < 4.78 is 9.50. The minimum absolute atomic E-state index is 0.121. The number of likely N-dealkylation sites (tertiary alicyclic amines) is 2. The van der Waals surface area contributed by atoms with E-state index >= 15 is 0 Å². The predicted octanol–water partition coefficient (Wildman–Crippen LogP) is 5.56. The van der Waals surface area contributed by atoms with Crippen molar-refractivity contribution in [2.24, 2.45) is 11.8 Å². The number of hydrogen-bond acceptors (Lipinski definition) is 11. The average Bonchev–Trinajstić information content (AvgIpc) is 4.07. The van der Waals surface area contributed by atoms with Crippen molar-refractivity contribution in [1.29, 1.82) is 0 Å². The monoisotopic (exact) mass is 791 g/mol. The van der Waals surface area contributed by atoms with Crippen molar-refractivity contribution in [3.05, 3.63) is 66.8 Å². The fourth-order valence-corrected chi connectivity index (χ4v) is 7.70. The van der Waals surface area contributed by atoms with Gasteiger partial charge in [-0.1, -0.05) is 33.8 Å². The zero-order chi connectivity index (χ0) is 41.1. The molecular formula is C41H49N11O6. The highest BCUT2D eigenvalue weighted by Crippen LogP contribution is 2.35. The molecule has 2 saturated heterocycles. The molecule has 6 heterocycles. The first kappa shape index (κ1) is 39.8. The summed E-state index contributed by atoms with van der Waals surface area (Å²) in [5.41, 5.74) is 4.64.